The van der Waals surface area contributed by atoms with Crippen molar-refractivity contribution in [1.82, 2.24) is 9.88 Å². The van der Waals surface area contributed by atoms with Crippen LogP contribution in [0.15, 0.2) is 34.7 Å². The van der Waals surface area contributed by atoms with E-state index in [4.69, 9.17) is 4.42 Å². The standard InChI is InChI=1S/C20H26N2O2/c1-14-9-7-8-12-18(14)22(3)19(23)13-17-15(2)24-20(21-17)16-10-5-4-6-11-16/h4-6,10-11,14,18H,7-9,12-13H2,1-3H3. The Morgan fingerprint density at radius 3 is 2.67 bits per heavy atom. The molecule has 2 unspecified atom stereocenters. The molecule has 3 rings (SSSR count). The Kier molecular flexibility index (Phi) is 5.03. The fraction of sp³-hybridized carbons (Fsp3) is 0.500. The molecule has 1 aromatic carbocycles. The molecule has 4 nitrogen and oxygen atoms in total. The van der Waals surface area contributed by atoms with E-state index in [1.165, 1.54) is 19.3 Å². The van der Waals surface area contributed by atoms with Crippen LogP contribution in [0.1, 0.15) is 44.1 Å². The summed E-state index contributed by atoms with van der Waals surface area (Å²) in [6.45, 7) is 4.13. The first-order chi connectivity index (χ1) is 11.6. The van der Waals surface area contributed by atoms with Gasteiger partial charge in [-0.15, -0.1) is 0 Å². The summed E-state index contributed by atoms with van der Waals surface area (Å²) in [5, 5.41) is 0. The van der Waals surface area contributed by atoms with Crippen molar-refractivity contribution in [3.8, 4) is 11.5 Å². The minimum absolute atomic E-state index is 0.129. The van der Waals surface area contributed by atoms with Crippen LogP contribution in [-0.4, -0.2) is 28.9 Å². The van der Waals surface area contributed by atoms with Crippen molar-refractivity contribution < 1.29 is 9.21 Å². The van der Waals surface area contributed by atoms with Gasteiger partial charge in [0.05, 0.1) is 12.1 Å². The molecule has 1 aliphatic rings. The van der Waals surface area contributed by atoms with Gasteiger partial charge in [-0.05, 0) is 37.8 Å². The quantitative estimate of drug-likeness (QED) is 0.844. The zero-order chi connectivity index (χ0) is 17.1. The van der Waals surface area contributed by atoms with Crippen molar-refractivity contribution in [2.24, 2.45) is 5.92 Å². The fourth-order valence-electron chi connectivity index (χ4n) is 3.62. The Morgan fingerprint density at radius 1 is 1.25 bits per heavy atom. The number of carbonyl (C=O) groups excluding carboxylic acids is 1. The molecular formula is C20H26N2O2. The lowest BCUT2D eigenvalue weighted by molar-refractivity contribution is -0.132. The van der Waals surface area contributed by atoms with E-state index >= 15 is 0 Å². The molecule has 2 aromatic rings. The Labute approximate surface area is 143 Å². The first kappa shape index (κ1) is 16.7. The summed E-state index contributed by atoms with van der Waals surface area (Å²) in [7, 11) is 1.93. The lowest BCUT2D eigenvalue weighted by atomic mass is 9.85. The third-order valence-corrected chi connectivity index (χ3v) is 5.19. The van der Waals surface area contributed by atoms with Crippen molar-refractivity contribution in [3.05, 3.63) is 41.8 Å². The van der Waals surface area contributed by atoms with E-state index in [9.17, 15) is 4.79 Å². The topological polar surface area (TPSA) is 46.3 Å². The van der Waals surface area contributed by atoms with Gasteiger partial charge in [-0.1, -0.05) is 38.0 Å². The molecular weight excluding hydrogens is 300 g/mol. The number of nitrogens with zero attached hydrogens (tertiary/aromatic N) is 2. The Hall–Kier alpha value is -2.10. The number of hydrogen-bond donors (Lipinski definition) is 0. The second kappa shape index (κ2) is 7.20. The van der Waals surface area contributed by atoms with Gasteiger partial charge in [0.1, 0.15) is 5.76 Å². The number of aromatic nitrogens is 1. The highest BCUT2D eigenvalue weighted by molar-refractivity contribution is 5.78. The number of likely N-dealkylation sites (N-methyl/N-ethyl adjacent to an activating group) is 1. The smallest absolute Gasteiger partial charge is 0.228 e. The molecule has 1 aromatic heterocycles. The summed E-state index contributed by atoms with van der Waals surface area (Å²) in [5.74, 6) is 2.02. The van der Waals surface area contributed by atoms with E-state index in [0.717, 1.165) is 23.4 Å². The molecule has 1 amide bonds. The molecule has 24 heavy (non-hydrogen) atoms. The number of rotatable bonds is 4. The molecule has 4 heteroatoms. The van der Waals surface area contributed by atoms with E-state index in [1.54, 1.807) is 0 Å². The van der Waals surface area contributed by atoms with Gasteiger partial charge in [0.2, 0.25) is 11.8 Å². The molecule has 0 bridgehead atoms. The van der Waals surface area contributed by atoms with Gasteiger partial charge in [-0.25, -0.2) is 4.98 Å². The third-order valence-electron chi connectivity index (χ3n) is 5.19. The van der Waals surface area contributed by atoms with E-state index < -0.39 is 0 Å². The van der Waals surface area contributed by atoms with Crippen molar-refractivity contribution in [3.63, 3.8) is 0 Å². The zero-order valence-electron chi connectivity index (χ0n) is 14.8. The van der Waals surface area contributed by atoms with Crippen LogP contribution in [0.4, 0.5) is 0 Å². The first-order valence-electron chi connectivity index (χ1n) is 8.83. The average Bonchev–Trinajstić information content (AvgIpc) is 2.96. The number of hydrogen-bond acceptors (Lipinski definition) is 3. The highest BCUT2D eigenvalue weighted by Crippen LogP contribution is 2.28. The maximum Gasteiger partial charge on any atom is 0.228 e. The summed E-state index contributed by atoms with van der Waals surface area (Å²) in [4.78, 5) is 19.2. The van der Waals surface area contributed by atoms with Crippen LogP contribution in [0.2, 0.25) is 0 Å². The third kappa shape index (κ3) is 3.53. The Bertz CT molecular complexity index is 693. The number of aryl methyl sites for hydroxylation is 1. The van der Waals surface area contributed by atoms with Crippen molar-refractivity contribution >= 4 is 5.91 Å². The Balaban J connectivity index is 1.71. The van der Waals surface area contributed by atoms with Crippen molar-refractivity contribution in [2.45, 2.75) is 52.0 Å². The van der Waals surface area contributed by atoms with Crippen LogP contribution < -0.4 is 0 Å². The lowest BCUT2D eigenvalue weighted by Gasteiger charge is -2.36. The van der Waals surface area contributed by atoms with Crippen LogP contribution >= 0.6 is 0 Å². The summed E-state index contributed by atoms with van der Waals surface area (Å²) in [6, 6.07) is 10.2. The molecule has 0 N–H and O–H groups in total. The fourth-order valence-corrected chi connectivity index (χ4v) is 3.62. The first-order valence-corrected chi connectivity index (χ1v) is 8.83. The summed E-state index contributed by atoms with van der Waals surface area (Å²) in [6.07, 6.45) is 5.12. The van der Waals surface area contributed by atoms with E-state index in [-0.39, 0.29) is 5.91 Å². The second-order valence-corrected chi connectivity index (χ2v) is 6.90. The minimum Gasteiger partial charge on any atom is -0.441 e. The second-order valence-electron chi connectivity index (χ2n) is 6.90. The van der Waals surface area contributed by atoms with Crippen LogP contribution in [0.5, 0.6) is 0 Å². The van der Waals surface area contributed by atoms with Crippen molar-refractivity contribution in [2.75, 3.05) is 7.05 Å². The number of benzene rings is 1. The monoisotopic (exact) mass is 326 g/mol. The van der Waals surface area contributed by atoms with E-state index in [2.05, 4.69) is 11.9 Å². The zero-order valence-corrected chi connectivity index (χ0v) is 14.8. The maximum atomic E-state index is 12.7. The van der Waals surface area contributed by atoms with Crippen LogP contribution in [0, 0.1) is 12.8 Å². The van der Waals surface area contributed by atoms with Crippen LogP contribution in [0.25, 0.3) is 11.5 Å². The molecule has 0 spiro atoms. The summed E-state index contributed by atoms with van der Waals surface area (Å²) < 4.78 is 5.77. The van der Waals surface area contributed by atoms with Gasteiger partial charge in [-0.2, -0.15) is 0 Å². The molecule has 2 atom stereocenters. The molecule has 1 saturated carbocycles. The summed E-state index contributed by atoms with van der Waals surface area (Å²) >= 11 is 0. The minimum atomic E-state index is 0.129. The Morgan fingerprint density at radius 2 is 1.96 bits per heavy atom. The highest BCUT2D eigenvalue weighted by Gasteiger charge is 2.28. The van der Waals surface area contributed by atoms with Gasteiger partial charge in [-0.3, -0.25) is 4.79 Å². The normalized spacial score (nSPS) is 20.8. The predicted molar refractivity (Wildman–Crippen MR) is 94.6 cm³/mol. The number of amides is 1. The van der Waals surface area contributed by atoms with Gasteiger partial charge in [0, 0.05) is 18.7 Å². The molecule has 128 valence electrons. The highest BCUT2D eigenvalue weighted by atomic mass is 16.4. The molecule has 0 saturated heterocycles. The van der Waals surface area contributed by atoms with Gasteiger partial charge >= 0.3 is 0 Å². The van der Waals surface area contributed by atoms with E-state index in [1.807, 2.05) is 49.2 Å². The van der Waals surface area contributed by atoms with Gasteiger partial charge < -0.3 is 9.32 Å². The van der Waals surface area contributed by atoms with Gasteiger partial charge in [0.15, 0.2) is 0 Å². The maximum absolute atomic E-state index is 12.7. The molecule has 0 aliphatic heterocycles. The number of oxazole rings is 1. The molecule has 1 aliphatic carbocycles. The predicted octanol–water partition coefficient (Wildman–Crippen LogP) is 4.23. The summed E-state index contributed by atoms with van der Waals surface area (Å²) in [5.41, 5.74) is 1.68. The molecule has 0 radical (unpaired) electrons. The van der Waals surface area contributed by atoms with Gasteiger partial charge in [0.25, 0.3) is 0 Å². The molecule has 1 fully saturated rings. The van der Waals surface area contributed by atoms with Crippen LogP contribution in [-0.2, 0) is 11.2 Å². The SMILES string of the molecule is Cc1oc(-c2ccccc2)nc1CC(=O)N(C)C1CCCCC1C. The van der Waals surface area contributed by atoms with Crippen LogP contribution in [0.3, 0.4) is 0 Å². The van der Waals surface area contributed by atoms with E-state index in [0.29, 0.717) is 24.3 Å². The van der Waals surface area contributed by atoms with Crippen molar-refractivity contribution in [1.29, 1.82) is 0 Å². The average molecular weight is 326 g/mol. The number of carbonyl (C=O) groups is 1. The lowest BCUT2D eigenvalue weighted by Crippen LogP contribution is -2.43. The largest absolute Gasteiger partial charge is 0.441 e. The molecule has 1 heterocycles.